The standard InChI is InChI=1S/C19H30N4O2.HI/c1-23(2)18(24)15-22-19(21-14-16-8-4-3-5-9-16)20-12-11-17-10-6-7-13-25-17;/h3-5,8-9,17H,6-7,10-15H2,1-2H3,(H2,20,21,22);1H. The van der Waals surface area contributed by atoms with Crippen molar-refractivity contribution < 1.29 is 9.53 Å². The highest BCUT2D eigenvalue weighted by molar-refractivity contribution is 14.0. The van der Waals surface area contributed by atoms with Crippen LogP contribution < -0.4 is 10.6 Å². The predicted octanol–water partition coefficient (Wildman–Crippen LogP) is 2.39. The number of amides is 1. The Balaban J connectivity index is 0.00000338. The highest BCUT2D eigenvalue weighted by Gasteiger charge is 2.13. The van der Waals surface area contributed by atoms with Gasteiger partial charge in [-0.2, -0.15) is 0 Å². The van der Waals surface area contributed by atoms with Gasteiger partial charge in [0.15, 0.2) is 5.96 Å². The summed E-state index contributed by atoms with van der Waals surface area (Å²) in [4.78, 5) is 18.0. The average Bonchev–Trinajstić information content (AvgIpc) is 2.64. The molecule has 1 unspecified atom stereocenters. The molecule has 0 aliphatic carbocycles. The van der Waals surface area contributed by atoms with E-state index in [1.165, 1.54) is 12.8 Å². The molecule has 1 aromatic carbocycles. The zero-order chi connectivity index (χ0) is 17.9. The van der Waals surface area contributed by atoms with Gasteiger partial charge < -0.3 is 20.3 Å². The summed E-state index contributed by atoms with van der Waals surface area (Å²) >= 11 is 0. The number of benzene rings is 1. The molecule has 7 heteroatoms. The summed E-state index contributed by atoms with van der Waals surface area (Å²) in [5.74, 6) is 0.680. The topological polar surface area (TPSA) is 66.0 Å². The molecule has 0 spiro atoms. The van der Waals surface area contributed by atoms with E-state index in [2.05, 4.69) is 15.6 Å². The number of likely N-dealkylation sites (N-methyl/N-ethyl adjacent to an activating group) is 1. The van der Waals surface area contributed by atoms with Gasteiger partial charge in [0.25, 0.3) is 0 Å². The molecule has 0 aromatic heterocycles. The van der Waals surface area contributed by atoms with E-state index in [9.17, 15) is 4.79 Å². The van der Waals surface area contributed by atoms with Gasteiger partial charge in [0.05, 0.1) is 19.2 Å². The Labute approximate surface area is 173 Å². The van der Waals surface area contributed by atoms with Gasteiger partial charge in [-0.15, -0.1) is 24.0 Å². The van der Waals surface area contributed by atoms with Crippen LogP contribution in [0.2, 0.25) is 0 Å². The molecule has 1 heterocycles. The number of carbonyl (C=O) groups excluding carboxylic acids is 1. The minimum atomic E-state index is 0. The molecule has 1 aromatic rings. The van der Waals surface area contributed by atoms with E-state index in [0.29, 0.717) is 18.6 Å². The van der Waals surface area contributed by atoms with Gasteiger partial charge >= 0.3 is 0 Å². The minimum Gasteiger partial charge on any atom is -0.378 e. The van der Waals surface area contributed by atoms with Gasteiger partial charge in [-0.25, -0.2) is 4.99 Å². The van der Waals surface area contributed by atoms with Gasteiger partial charge in [-0.3, -0.25) is 4.79 Å². The summed E-state index contributed by atoms with van der Waals surface area (Å²) in [6, 6.07) is 10.1. The first-order valence-electron chi connectivity index (χ1n) is 9.03. The predicted molar refractivity (Wildman–Crippen MR) is 116 cm³/mol. The Morgan fingerprint density at radius 1 is 1.23 bits per heavy atom. The van der Waals surface area contributed by atoms with Crippen LogP contribution in [0.15, 0.2) is 35.3 Å². The molecule has 2 N–H and O–H groups in total. The summed E-state index contributed by atoms with van der Waals surface area (Å²) < 4.78 is 5.76. The maximum absolute atomic E-state index is 11.8. The second-order valence-electron chi connectivity index (χ2n) is 6.50. The third kappa shape index (κ3) is 8.84. The summed E-state index contributed by atoms with van der Waals surface area (Å²) in [5.41, 5.74) is 1.14. The lowest BCUT2D eigenvalue weighted by Gasteiger charge is -2.23. The molecule has 1 saturated heterocycles. The van der Waals surface area contributed by atoms with Crippen molar-refractivity contribution in [3.63, 3.8) is 0 Å². The van der Waals surface area contributed by atoms with E-state index in [4.69, 9.17) is 4.74 Å². The number of nitrogens with one attached hydrogen (secondary N) is 2. The lowest BCUT2D eigenvalue weighted by molar-refractivity contribution is -0.127. The lowest BCUT2D eigenvalue weighted by Crippen LogP contribution is -2.43. The molecule has 2 rings (SSSR count). The number of carbonyl (C=O) groups is 1. The average molecular weight is 474 g/mol. The van der Waals surface area contributed by atoms with Crippen molar-refractivity contribution in [3.8, 4) is 0 Å². The molecule has 1 aliphatic rings. The Morgan fingerprint density at radius 3 is 2.65 bits per heavy atom. The van der Waals surface area contributed by atoms with Crippen LogP contribution in [0.3, 0.4) is 0 Å². The number of rotatable bonds is 7. The zero-order valence-electron chi connectivity index (χ0n) is 15.7. The number of halogens is 1. The summed E-state index contributed by atoms with van der Waals surface area (Å²) in [7, 11) is 3.50. The third-order valence-electron chi connectivity index (χ3n) is 4.20. The quantitative estimate of drug-likeness (QED) is 0.362. The first-order valence-corrected chi connectivity index (χ1v) is 9.03. The van der Waals surface area contributed by atoms with E-state index >= 15 is 0 Å². The summed E-state index contributed by atoms with van der Waals surface area (Å²) in [5, 5.41) is 6.44. The molecular formula is C19H31IN4O2. The van der Waals surface area contributed by atoms with Crippen LogP contribution >= 0.6 is 24.0 Å². The van der Waals surface area contributed by atoms with E-state index < -0.39 is 0 Å². The number of guanidine groups is 1. The van der Waals surface area contributed by atoms with Crippen molar-refractivity contribution in [3.05, 3.63) is 35.9 Å². The number of nitrogens with zero attached hydrogens (tertiary/aromatic N) is 2. The van der Waals surface area contributed by atoms with Crippen LogP contribution in [0, 0.1) is 0 Å². The van der Waals surface area contributed by atoms with Gasteiger partial charge in [0.2, 0.25) is 5.91 Å². The van der Waals surface area contributed by atoms with Crippen molar-refractivity contribution in [2.24, 2.45) is 4.99 Å². The largest absolute Gasteiger partial charge is 0.378 e. The van der Waals surface area contributed by atoms with E-state index in [1.807, 2.05) is 30.3 Å². The first-order chi connectivity index (χ1) is 12.1. The minimum absolute atomic E-state index is 0. The molecule has 1 atom stereocenters. The molecule has 6 nitrogen and oxygen atoms in total. The van der Waals surface area contributed by atoms with Crippen molar-refractivity contribution in [1.29, 1.82) is 0 Å². The summed E-state index contributed by atoms with van der Waals surface area (Å²) in [6.07, 6.45) is 4.83. The molecule has 1 amide bonds. The van der Waals surface area contributed by atoms with Gasteiger partial charge in [0.1, 0.15) is 0 Å². The Bertz CT molecular complexity index is 546. The monoisotopic (exact) mass is 474 g/mol. The maximum atomic E-state index is 11.8. The van der Waals surface area contributed by atoms with Crippen molar-refractivity contribution in [2.45, 2.75) is 38.3 Å². The second-order valence-corrected chi connectivity index (χ2v) is 6.50. The van der Waals surface area contributed by atoms with E-state index in [1.54, 1.807) is 19.0 Å². The number of hydrogen-bond acceptors (Lipinski definition) is 3. The van der Waals surface area contributed by atoms with E-state index in [0.717, 1.165) is 31.6 Å². The van der Waals surface area contributed by atoms with Crippen LogP contribution in [0.5, 0.6) is 0 Å². The van der Waals surface area contributed by atoms with Crippen LogP contribution in [0.1, 0.15) is 31.2 Å². The Hall–Kier alpha value is -1.35. The molecule has 26 heavy (non-hydrogen) atoms. The first kappa shape index (κ1) is 22.7. The number of ether oxygens (including phenoxy) is 1. The fraction of sp³-hybridized carbons (Fsp3) is 0.579. The van der Waals surface area contributed by atoms with Gasteiger partial charge in [-0.1, -0.05) is 30.3 Å². The zero-order valence-corrected chi connectivity index (χ0v) is 18.1. The Kier molecular flexibility index (Phi) is 11.3. The maximum Gasteiger partial charge on any atom is 0.241 e. The van der Waals surface area contributed by atoms with Crippen LogP contribution in [0.4, 0.5) is 0 Å². The molecule has 0 radical (unpaired) electrons. The Morgan fingerprint density at radius 2 is 2.00 bits per heavy atom. The fourth-order valence-electron chi connectivity index (χ4n) is 2.63. The number of hydrogen-bond donors (Lipinski definition) is 2. The van der Waals surface area contributed by atoms with Crippen LogP contribution in [0.25, 0.3) is 0 Å². The van der Waals surface area contributed by atoms with Crippen LogP contribution in [-0.2, 0) is 16.1 Å². The van der Waals surface area contributed by atoms with Crippen LogP contribution in [-0.4, -0.2) is 56.7 Å². The molecular weight excluding hydrogens is 443 g/mol. The molecule has 0 bridgehead atoms. The second kappa shape index (κ2) is 12.9. The van der Waals surface area contributed by atoms with Crippen molar-refractivity contribution >= 4 is 35.8 Å². The summed E-state index contributed by atoms with van der Waals surface area (Å²) in [6.45, 7) is 2.45. The molecule has 1 fully saturated rings. The number of aliphatic imine (C=N–C) groups is 1. The fourth-order valence-corrected chi connectivity index (χ4v) is 2.63. The SMILES string of the molecule is CN(C)C(=O)CNC(=NCc1ccccc1)NCCC1CCCCO1.I. The van der Waals surface area contributed by atoms with Gasteiger partial charge in [0, 0.05) is 27.2 Å². The highest BCUT2D eigenvalue weighted by Crippen LogP contribution is 2.14. The normalized spacial score (nSPS) is 17.2. The molecule has 1 aliphatic heterocycles. The smallest absolute Gasteiger partial charge is 0.241 e. The lowest BCUT2D eigenvalue weighted by atomic mass is 10.1. The van der Waals surface area contributed by atoms with Gasteiger partial charge in [-0.05, 0) is 31.2 Å². The van der Waals surface area contributed by atoms with Crippen molar-refractivity contribution in [2.75, 3.05) is 33.8 Å². The third-order valence-corrected chi connectivity index (χ3v) is 4.20. The molecule has 0 saturated carbocycles. The molecule has 146 valence electrons. The van der Waals surface area contributed by atoms with Crippen molar-refractivity contribution in [1.82, 2.24) is 15.5 Å². The highest BCUT2D eigenvalue weighted by atomic mass is 127. The van der Waals surface area contributed by atoms with E-state index in [-0.39, 0.29) is 36.4 Å².